The van der Waals surface area contributed by atoms with Crippen LogP contribution in [0.2, 0.25) is 0 Å². The highest BCUT2D eigenvalue weighted by Gasteiger charge is 2.25. The molecule has 0 bridgehead atoms. The van der Waals surface area contributed by atoms with E-state index in [1.54, 1.807) is 6.07 Å². The van der Waals surface area contributed by atoms with Gasteiger partial charge in [-0.1, -0.05) is 12.1 Å². The molecule has 28 heavy (non-hydrogen) atoms. The molecule has 1 aliphatic heterocycles. The van der Waals surface area contributed by atoms with Crippen molar-refractivity contribution < 1.29 is 23.5 Å². The Balaban J connectivity index is 1.45. The van der Waals surface area contributed by atoms with Gasteiger partial charge in [-0.05, 0) is 49.4 Å². The molecular formula is C21H16FNO4S. The van der Waals surface area contributed by atoms with Crippen molar-refractivity contribution >= 4 is 28.9 Å². The molecule has 2 aromatic carbocycles. The van der Waals surface area contributed by atoms with Crippen LogP contribution in [0.1, 0.15) is 22.2 Å². The molecule has 142 valence electrons. The number of thiophene rings is 1. The number of benzene rings is 2. The van der Waals surface area contributed by atoms with Crippen molar-refractivity contribution in [2.24, 2.45) is 0 Å². The van der Waals surface area contributed by atoms with Gasteiger partial charge in [0.1, 0.15) is 23.1 Å². The average Bonchev–Trinajstić information content (AvgIpc) is 3.14. The van der Waals surface area contributed by atoms with Crippen LogP contribution in [0.25, 0.3) is 10.4 Å². The van der Waals surface area contributed by atoms with Gasteiger partial charge in [0, 0.05) is 21.7 Å². The lowest BCUT2D eigenvalue weighted by Gasteiger charge is -2.16. The summed E-state index contributed by atoms with van der Waals surface area (Å²) in [5, 5.41) is 2.59. The summed E-state index contributed by atoms with van der Waals surface area (Å²) in [5.74, 6) is -0.679. The van der Waals surface area contributed by atoms with E-state index in [9.17, 15) is 14.0 Å². The molecule has 4 rings (SSSR count). The molecule has 0 spiro atoms. The number of hydrogen-bond donors (Lipinski definition) is 1. The maximum atomic E-state index is 12.9. The standard InChI is InChI=1S/C21H16FNO4S/c1-12(20(24)23-15-8-6-14(22)7-9-15)27-21(25)18-10-13-11-26-17-5-3-2-4-16(17)19(13)28-18/h2-10,12H,11H2,1H3,(H,23,24)/t12-/m1/s1. The molecule has 0 aliphatic carbocycles. The first-order valence-electron chi connectivity index (χ1n) is 8.63. The third-order valence-electron chi connectivity index (χ3n) is 4.29. The summed E-state index contributed by atoms with van der Waals surface area (Å²) in [6.45, 7) is 1.87. The minimum absolute atomic E-state index is 0.386. The van der Waals surface area contributed by atoms with E-state index < -0.39 is 23.8 Å². The molecular weight excluding hydrogens is 381 g/mol. The Morgan fingerprint density at radius 2 is 1.93 bits per heavy atom. The number of rotatable bonds is 4. The van der Waals surface area contributed by atoms with Gasteiger partial charge in [0.2, 0.25) is 0 Å². The number of carbonyl (C=O) groups excluding carboxylic acids is 2. The normalized spacial score (nSPS) is 12.9. The van der Waals surface area contributed by atoms with Crippen molar-refractivity contribution in [1.29, 1.82) is 0 Å². The Labute approximate surface area is 164 Å². The van der Waals surface area contributed by atoms with Gasteiger partial charge in [-0.3, -0.25) is 4.79 Å². The Bertz CT molecular complexity index is 1040. The second-order valence-corrected chi connectivity index (χ2v) is 7.35. The maximum absolute atomic E-state index is 12.9. The first-order valence-corrected chi connectivity index (χ1v) is 9.45. The van der Waals surface area contributed by atoms with E-state index in [2.05, 4.69) is 5.32 Å². The van der Waals surface area contributed by atoms with E-state index in [0.717, 1.165) is 21.8 Å². The third-order valence-corrected chi connectivity index (χ3v) is 5.48. The fraction of sp³-hybridized carbons (Fsp3) is 0.143. The number of anilines is 1. The first-order chi connectivity index (χ1) is 13.5. The molecule has 1 aliphatic rings. The number of para-hydroxylation sites is 1. The molecule has 2 heterocycles. The van der Waals surface area contributed by atoms with Crippen LogP contribution >= 0.6 is 11.3 Å². The summed E-state index contributed by atoms with van der Waals surface area (Å²) < 4.78 is 23.9. The molecule has 1 amide bonds. The van der Waals surface area contributed by atoms with Crippen LogP contribution in [-0.4, -0.2) is 18.0 Å². The Kier molecular flexibility index (Phi) is 4.83. The summed E-state index contributed by atoms with van der Waals surface area (Å²) >= 11 is 1.32. The number of amides is 1. The van der Waals surface area contributed by atoms with Gasteiger partial charge >= 0.3 is 5.97 Å². The Morgan fingerprint density at radius 3 is 2.71 bits per heavy atom. The van der Waals surface area contributed by atoms with Crippen molar-refractivity contribution in [2.45, 2.75) is 19.6 Å². The predicted molar refractivity (Wildman–Crippen MR) is 104 cm³/mol. The van der Waals surface area contributed by atoms with Crippen LogP contribution < -0.4 is 10.1 Å². The molecule has 1 atom stereocenters. The number of carbonyl (C=O) groups is 2. The Hall–Kier alpha value is -3.19. The van der Waals surface area contributed by atoms with Gasteiger partial charge in [0.25, 0.3) is 5.91 Å². The van der Waals surface area contributed by atoms with E-state index in [1.165, 1.54) is 42.5 Å². The quantitative estimate of drug-likeness (QED) is 0.652. The highest BCUT2D eigenvalue weighted by Crippen LogP contribution is 2.42. The largest absolute Gasteiger partial charge is 0.488 e. The predicted octanol–water partition coefficient (Wildman–Crippen LogP) is 4.63. The van der Waals surface area contributed by atoms with E-state index in [1.807, 2.05) is 24.3 Å². The highest BCUT2D eigenvalue weighted by molar-refractivity contribution is 7.17. The molecule has 0 saturated heterocycles. The molecule has 5 nitrogen and oxygen atoms in total. The molecule has 1 aromatic heterocycles. The lowest BCUT2D eigenvalue weighted by molar-refractivity contribution is -0.123. The Morgan fingerprint density at radius 1 is 1.18 bits per heavy atom. The number of fused-ring (bicyclic) bond motifs is 3. The number of nitrogens with one attached hydrogen (secondary N) is 1. The van der Waals surface area contributed by atoms with Gasteiger partial charge in [0.15, 0.2) is 6.10 Å². The van der Waals surface area contributed by atoms with E-state index in [4.69, 9.17) is 9.47 Å². The van der Waals surface area contributed by atoms with Crippen molar-refractivity contribution in [2.75, 3.05) is 5.32 Å². The van der Waals surface area contributed by atoms with Crippen molar-refractivity contribution in [1.82, 2.24) is 0 Å². The minimum Gasteiger partial charge on any atom is -0.488 e. The summed E-state index contributed by atoms with van der Waals surface area (Å²) in [4.78, 5) is 26.1. The van der Waals surface area contributed by atoms with Crippen molar-refractivity contribution in [3.63, 3.8) is 0 Å². The second kappa shape index (κ2) is 7.44. The van der Waals surface area contributed by atoms with Crippen LogP contribution in [0, 0.1) is 5.82 Å². The minimum atomic E-state index is -1.000. The first kappa shape index (κ1) is 18.2. The van der Waals surface area contributed by atoms with Gasteiger partial charge in [0.05, 0.1) is 0 Å². The summed E-state index contributed by atoms with van der Waals surface area (Å²) in [6.07, 6.45) is -1.000. The van der Waals surface area contributed by atoms with Gasteiger partial charge in [-0.15, -0.1) is 11.3 Å². The van der Waals surface area contributed by atoms with E-state index in [0.29, 0.717) is 17.2 Å². The highest BCUT2D eigenvalue weighted by atomic mass is 32.1. The zero-order valence-electron chi connectivity index (χ0n) is 14.9. The molecule has 0 saturated carbocycles. The third kappa shape index (κ3) is 3.61. The maximum Gasteiger partial charge on any atom is 0.349 e. The zero-order valence-corrected chi connectivity index (χ0v) is 15.7. The van der Waals surface area contributed by atoms with E-state index in [-0.39, 0.29) is 0 Å². The monoisotopic (exact) mass is 397 g/mol. The fourth-order valence-corrected chi connectivity index (χ4v) is 3.93. The summed E-state index contributed by atoms with van der Waals surface area (Å²) in [7, 11) is 0. The van der Waals surface area contributed by atoms with Crippen LogP contribution in [0.3, 0.4) is 0 Å². The van der Waals surface area contributed by atoms with Crippen LogP contribution in [0.4, 0.5) is 10.1 Å². The van der Waals surface area contributed by atoms with Crippen LogP contribution in [0.5, 0.6) is 5.75 Å². The fourth-order valence-electron chi connectivity index (χ4n) is 2.85. The molecule has 1 N–H and O–H groups in total. The number of halogens is 1. The summed E-state index contributed by atoms with van der Waals surface area (Å²) in [5.41, 5.74) is 2.28. The smallest absolute Gasteiger partial charge is 0.349 e. The van der Waals surface area contributed by atoms with Crippen LogP contribution in [-0.2, 0) is 16.1 Å². The lowest BCUT2D eigenvalue weighted by Crippen LogP contribution is -2.29. The zero-order chi connectivity index (χ0) is 19.7. The lowest BCUT2D eigenvalue weighted by atomic mass is 10.1. The van der Waals surface area contributed by atoms with Crippen molar-refractivity contribution in [3.8, 4) is 16.2 Å². The second-order valence-electron chi connectivity index (χ2n) is 6.29. The van der Waals surface area contributed by atoms with E-state index >= 15 is 0 Å². The van der Waals surface area contributed by atoms with Gasteiger partial charge in [-0.25, -0.2) is 9.18 Å². The van der Waals surface area contributed by atoms with Crippen LogP contribution in [0.15, 0.2) is 54.6 Å². The van der Waals surface area contributed by atoms with Gasteiger partial charge < -0.3 is 14.8 Å². The van der Waals surface area contributed by atoms with Gasteiger partial charge in [-0.2, -0.15) is 0 Å². The van der Waals surface area contributed by atoms with Crippen molar-refractivity contribution in [3.05, 3.63) is 70.9 Å². The molecule has 7 heteroatoms. The molecule has 0 radical (unpaired) electrons. The average molecular weight is 397 g/mol. The summed E-state index contributed by atoms with van der Waals surface area (Å²) in [6, 6.07) is 14.7. The molecule has 0 unspecified atom stereocenters. The number of hydrogen-bond acceptors (Lipinski definition) is 5. The topological polar surface area (TPSA) is 64.6 Å². The SMILES string of the molecule is C[C@@H](OC(=O)c1cc2c(s1)-c1ccccc1OC2)C(=O)Nc1ccc(F)cc1. The molecule has 3 aromatic rings. The number of esters is 1. The molecule has 0 fully saturated rings. The number of ether oxygens (including phenoxy) is 2.